The lowest BCUT2D eigenvalue weighted by Gasteiger charge is -2.35. The fourth-order valence-corrected chi connectivity index (χ4v) is 5.92. The van der Waals surface area contributed by atoms with Crippen LogP contribution in [0.1, 0.15) is 57.6 Å². The van der Waals surface area contributed by atoms with Crippen molar-refractivity contribution >= 4 is 18.1 Å². The number of nitrogens with one attached hydrogen (secondary N) is 1. The van der Waals surface area contributed by atoms with Crippen LogP contribution in [-0.2, 0) is 27.2 Å². The van der Waals surface area contributed by atoms with Crippen molar-refractivity contribution in [3.8, 4) is 11.1 Å². The molecule has 8 heteroatoms. The van der Waals surface area contributed by atoms with Crippen LogP contribution in [0.15, 0.2) is 96.6 Å². The van der Waals surface area contributed by atoms with Gasteiger partial charge in [-0.1, -0.05) is 111 Å². The van der Waals surface area contributed by atoms with Crippen LogP contribution in [0.25, 0.3) is 11.1 Å². The van der Waals surface area contributed by atoms with Crippen molar-refractivity contribution in [3.05, 3.63) is 108 Å². The van der Waals surface area contributed by atoms with Crippen molar-refractivity contribution in [1.29, 1.82) is 0 Å². The zero-order valence-electron chi connectivity index (χ0n) is 29.3. The number of nitrogens with two attached hydrogens (primary N) is 1. The molecular weight excluding hydrogens is 600 g/mol. The predicted molar refractivity (Wildman–Crippen MR) is 194 cm³/mol. The van der Waals surface area contributed by atoms with Crippen molar-refractivity contribution in [2.75, 3.05) is 27.2 Å². The van der Waals surface area contributed by atoms with Gasteiger partial charge in [0.1, 0.15) is 12.3 Å². The molecule has 258 valence electrons. The monoisotopic (exact) mass is 654 g/mol. The van der Waals surface area contributed by atoms with Gasteiger partial charge in [-0.05, 0) is 61.9 Å². The molecule has 8 nitrogen and oxygen atoms in total. The first kappa shape index (κ1) is 38.3. The second-order valence-corrected chi connectivity index (χ2v) is 13.0. The van der Waals surface area contributed by atoms with E-state index in [0.29, 0.717) is 24.8 Å². The lowest BCUT2D eigenvalue weighted by Crippen LogP contribution is -2.55. The zero-order valence-corrected chi connectivity index (χ0v) is 29.3. The molecule has 0 aromatic heterocycles. The SMILES string of the molecule is CCCC(N)(CC)C/C=C(/C=O)CN(C)[C@H](Cc1ccc(-c2ccccc2)cc1)C(=O)N(C)[C@H](Cc1ccccc1)C(=O)NC[C@@H](C)O. The highest BCUT2D eigenvalue weighted by molar-refractivity contribution is 5.90. The fourth-order valence-electron chi connectivity index (χ4n) is 5.92. The Kier molecular flexibility index (Phi) is 15.2. The number of rotatable bonds is 19. The van der Waals surface area contributed by atoms with Crippen LogP contribution in [0.5, 0.6) is 0 Å². The van der Waals surface area contributed by atoms with Gasteiger partial charge in [0.15, 0.2) is 0 Å². The average Bonchev–Trinajstić information content (AvgIpc) is 3.10. The molecule has 0 fully saturated rings. The van der Waals surface area contributed by atoms with Crippen LogP contribution in [0, 0.1) is 0 Å². The molecule has 0 aliphatic heterocycles. The Labute approximate surface area is 287 Å². The molecule has 0 spiro atoms. The number of carbonyl (C=O) groups excluding carboxylic acids is 3. The van der Waals surface area contributed by atoms with E-state index in [2.05, 4.69) is 31.3 Å². The minimum Gasteiger partial charge on any atom is -0.392 e. The topological polar surface area (TPSA) is 116 Å². The van der Waals surface area contributed by atoms with Gasteiger partial charge >= 0.3 is 0 Å². The number of aliphatic hydroxyl groups is 1. The quantitative estimate of drug-likeness (QED) is 0.121. The highest BCUT2D eigenvalue weighted by Gasteiger charge is 2.34. The van der Waals surface area contributed by atoms with E-state index in [-0.39, 0.29) is 30.4 Å². The summed E-state index contributed by atoms with van der Waals surface area (Å²) in [6.07, 6.45) is 5.89. The third-order valence-corrected chi connectivity index (χ3v) is 9.07. The van der Waals surface area contributed by atoms with Gasteiger partial charge in [0.2, 0.25) is 11.8 Å². The van der Waals surface area contributed by atoms with Crippen LogP contribution < -0.4 is 11.1 Å². The summed E-state index contributed by atoms with van der Waals surface area (Å²) in [7, 11) is 3.50. The Hall–Kier alpha value is -4.11. The Balaban J connectivity index is 1.94. The number of benzene rings is 3. The highest BCUT2D eigenvalue weighted by Crippen LogP contribution is 2.23. The standard InChI is InChI=1S/C40H54N4O4/c1-6-23-40(41,7-2)24-22-33(29-45)28-43(4)37(26-32-18-20-35(21-19-32)34-16-12-9-13-17-34)39(48)44(5)36(38(47)42-27-30(3)46)25-31-14-10-8-11-15-31/h8-22,29-30,36-37,46H,6-7,23-28,41H2,1-5H3,(H,42,47)/b33-22+/t30-,36-,37-,40?/m1/s1. The summed E-state index contributed by atoms with van der Waals surface area (Å²) < 4.78 is 0. The molecule has 0 heterocycles. The minimum atomic E-state index is -0.812. The molecule has 3 aromatic carbocycles. The van der Waals surface area contributed by atoms with Gasteiger partial charge < -0.3 is 21.1 Å². The third kappa shape index (κ3) is 11.5. The van der Waals surface area contributed by atoms with Crippen LogP contribution in [-0.4, -0.2) is 83.9 Å². The van der Waals surface area contributed by atoms with Gasteiger partial charge in [-0.3, -0.25) is 19.3 Å². The molecule has 0 aliphatic carbocycles. The number of aliphatic hydroxyl groups excluding tert-OH is 1. The lowest BCUT2D eigenvalue weighted by atomic mass is 9.87. The Morgan fingerprint density at radius 2 is 1.44 bits per heavy atom. The maximum Gasteiger partial charge on any atom is 0.243 e. The predicted octanol–water partition coefficient (Wildman–Crippen LogP) is 5.19. The maximum atomic E-state index is 14.5. The second kappa shape index (κ2) is 19.0. The van der Waals surface area contributed by atoms with Gasteiger partial charge in [-0.2, -0.15) is 0 Å². The lowest BCUT2D eigenvalue weighted by molar-refractivity contribution is -0.142. The number of carbonyl (C=O) groups is 3. The largest absolute Gasteiger partial charge is 0.392 e. The van der Waals surface area contributed by atoms with E-state index in [1.807, 2.05) is 90.8 Å². The summed E-state index contributed by atoms with van der Waals surface area (Å²) in [5.74, 6) is -0.580. The van der Waals surface area contributed by atoms with E-state index < -0.39 is 18.2 Å². The number of hydrogen-bond donors (Lipinski definition) is 3. The average molecular weight is 655 g/mol. The van der Waals surface area contributed by atoms with Crippen LogP contribution in [0.4, 0.5) is 0 Å². The minimum absolute atomic E-state index is 0.0785. The Morgan fingerprint density at radius 1 is 0.875 bits per heavy atom. The second-order valence-electron chi connectivity index (χ2n) is 13.0. The van der Waals surface area contributed by atoms with Gasteiger partial charge in [0.25, 0.3) is 0 Å². The molecule has 0 radical (unpaired) electrons. The molecule has 4 N–H and O–H groups in total. The molecule has 4 atom stereocenters. The van der Waals surface area contributed by atoms with Gasteiger partial charge in [0, 0.05) is 37.7 Å². The molecule has 0 bridgehead atoms. The Morgan fingerprint density at radius 3 is 2.00 bits per heavy atom. The normalized spacial score (nSPS) is 14.9. The smallest absolute Gasteiger partial charge is 0.243 e. The van der Waals surface area contributed by atoms with E-state index in [9.17, 15) is 19.5 Å². The molecule has 48 heavy (non-hydrogen) atoms. The summed E-state index contributed by atoms with van der Waals surface area (Å²) in [5, 5.41) is 12.6. The first-order valence-electron chi connectivity index (χ1n) is 17.0. The molecule has 3 aromatic rings. The fraction of sp³-hybridized carbons (Fsp3) is 0.425. The molecule has 3 rings (SSSR count). The Bertz CT molecular complexity index is 1460. The van der Waals surface area contributed by atoms with Gasteiger partial charge in [-0.15, -0.1) is 0 Å². The number of hydrogen-bond acceptors (Lipinski definition) is 6. The van der Waals surface area contributed by atoms with Gasteiger partial charge in [0.05, 0.1) is 12.1 Å². The molecule has 2 amide bonds. The summed E-state index contributed by atoms with van der Waals surface area (Å²) in [4.78, 5) is 43.7. The molecule has 0 saturated heterocycles. The molecule has 0 aliphatic rings. The number of amides is 2. The van der Waals surface area contributed by atoms with Crippen molar-refractivity contribution < 1.29 is 19.5 Å². The highest BCUT2D eigenvalue weighted by atomic mass is 16.3. The molecule has 1 unspecified atom stereocenters. The van der Waals surface area contributed by atoms with Crippen molar-refractivity contribution in [2.24, 2.45) is 5.73 Å². The number of aldehydes is 1. The third-order valence-electron chi connectivity index (χ3n) is 9.07. The van der Waals surface area contributed by atoms with Crippen LogP contribution in [0.2, 0.25) is 0 Å². The van der Waals surface area contributed by atoms with Crippen LogP contribution in [0.3, 0.4) is 0 Å². The first-order valence-corrected chi connectivity index (χ1v) is 17.0. The first-order chi connectivity index (χ1) is 23.0. The summed E-state index contributed by atoms with van der Waals surface area (Å²) in [6.45, 7) is 6.09. The van der Waals surface area contributed by atoms with E-state index in [0.717, 1.165) is 47.8 Å². The maximum absolute atomic E-state index is 14.5. The molecule has 0 saturated carbocycles. The number of likely N-dealkylation sites (N-methyl/N-ethyl adjacent to an activating group) is 2. The summed E-state index contributed by atoms with van der Waals surface area (Å²) in [6, 6.07) is 26.3. The summed E-state index contributed by atoms with van der Waals surface area (Å²) in [5.41, 5.74) is 10.8. The zero-order chi connectivity index (χ0) is 35.1. The van der Waals surface area contributed by atoms with E-state index in [4.69, 9.17) is 5.73 Å². The van der Waals surface area contributed by atoms with Crippen molar-refractivity contribution in [2.45, 2.75) is 83.0 Å². The van der Waals surface area contributed by atoms with Crippen molar-refractivity contribution in [1.82, 2.24) is 15.1 Å². The van der Waals surface area contributed by atoms with E-state index in [1.54, 1.807) is 14.0 Å². The van der Waals surface area contributed by atoms with Crippen molar-refractivity contribution in [3.63, 3.8) is 0 Å². The van der Waals surface area contributed by atoms with E-state index in [1.165, 1.54) is 4.90 Å². The summed E-state index contributed by atoms with van der Waals surface area (Å²) >= 11 is 0. The van der Waals surface area contributed by atoms with Crippen LogP contribution >= 0.6 is 0 Å². The van der Waals surface area contributed by atoms with E-state index >= 15 is 0 Å². The number of nitrogens with zero attached hydrogens (tertiary/aromatic N) is 2. The van der Waals surface area contributed by atoms with Gasteiger partial charge in [-0.25, -0.2) is 0 Å². The molecular formula is C40H54N4O4.